The molecule has 116 heavy (non-hydrogen) atoms. The standard InChI is InChI=1S/C79H124O37/c1-22-32-99-41-24-28-43(29-25-41)101-39-50-57-64(90-13)72(98-21)79(109-50)114-56-49(38-84-7)105-75(68(94-17)63(56)89-12)112-54-47(36-82-5)107-77(70(96-19)61(54)87-10)116-58-51(40-102-44-30-26-42(27-31-44)100-33-23-2)108-78(71(97-20)65(58)91-14)113-55-48(37-83-6)104-74(67(93-16)62(55)88-11)110-52-45(34-80-3)103-73(66(92-15)59(52)85-8)111-53-46(35-81-4)106-76(115-57)69(95-18)60(53)86-9/h22-31,45-79H,1-2,32-40H2,3-21H3/t45-,46-,47-,48-,49-,50-,51-,52-,53-,54-,55-,56-,57-,58-,59+,60+,61+,62+,63+,64+,65+,66-,67-,68-,69+,70-,71-,72+,73-,74-,75-,76-,77-,78-,79-/m1/s1. The molecule has 2 aromatic carbocycles. The maximum atomic E-state index is 7.23. The third-order valence-electron chi connectivity index (χ3n) is 21.9. The molecule has 23 rings (SSSR count). The summed E-state index contributed by atoms with van der Waals surface area (Å²) in [6.45, 7) is 7.37. The van der Waals surface area contributed by atoms with Gasteiger partial charge in [0, 0.05) is 135 Å². The highest BCUT2D eigenvalue weighted by Crippen LogP contribution is 2.44. The van der Waals surface area contributed by atoms with Crippen LogP contribution in [0, 0.1) is 0 Å². The van der Waals surface area contributed by atoms with E-state index in [2.05, 4.69) is 13.2 Å². The van der Waals surface area contributed by atoms with Crippen molar-refractivity contribution >= 4 is 0 Å². The molecular formula is C79H124O37. The lowest BCUT2D eigenvalue weighted by atomic mass is 9.94. The van der Waals surface area contributed by atoms with Gasteiger partial charge >= 0.3 is 0 Å². The molecule has 0 aromatic heterocycles. The molecule has 21 heterocycles. The van der Waals surface area contributed by atoms with Gasteiger partial charge in [-0.15, -0.1) is 0 Å². The monoisotopic (exact) mass is 1660 g/mol. The zero-order valence-electron chi connectivity index (χ0n) is 69.9. The van der Waals surface area contributed by atoms with E-state index in [1.807, 2.05) is 0 Å². The average Bonchev–Trinajstić information content (AvgIpc) is 0.768. The van der Waals surface area contributed by atoms with Gasteiger partial charge in [0.15, 0.2) is 44.0 Å². The van der Waals surface area contributed by atoms with Crippen molar-refractivity contribution in [2.45, 2.75) is 215 Å². The molecule has 21 aliphatic heterocycles. The van der Waals surface area contributed by atoms with Crippen LogP contribution < -0.4 is 18.9 Å². The van der Waals surface area contributed by atoms with Crippen LogP contribution in [0.15, 0.2) is 73.8 Å². The minimum Gasteiger partial charge on any atom is -0.491 e. The summed E-state index contributed by atoms with van der Waals surface area (Å²) in [4.78, 5) is 0. The zero-order chi connectivity index (χ0) is 83.1. The van der Waals surface area contributed by atoms with Crippen molar-refractivity contribution in [3.05, 3.63) is 73.8 Å². The first-order chi connectivity index (χ1) is 56.6. The summed E-state index contributed by atoms with van der Waals surface area (Å²) in [5.74, 6) is 2.08. The number of rotatable bonds is 36. The Morgan fingerprint density at radius 2 is 0.353 bits per heavy atom. The SMILES string of the molecule is C=CCOc1ccc(OC[C@H]2O[C@@H]3O[C@H]4[C@H](OC)[C@@H](OC)[C@@H](O[C@H]5[C@H](OC)[C@@H](OC)[C@@H](O[C@H]6[C@H](OC)[C@@H](OC)[C@@H](O[C@H]7[C@H](OC)[C@@H](OC)[C@@H](O[C@H]8[C@H](OC)[C@@H](OC)[C@@H](O[C@H]9[C@H](OC)[C@H](OC)[C@@H](O[C@H]2[C@H](OC)[C@@H]3OC)O[C@@H]9COC)O[C@@H]8COC)O[C@@H]7COC)O[C@@H]6COc2ccc(OCC=C)cc2)O[C@@H]5COC)O[C@@H]4COC)cc1. The van der Waals surface area contributed by atoms with Crippen molar-refractivity contribution in [2.75, 3.05) is 195 Å². The number of hydrogen-bond acceptors (Lipinski definition) is 37. The Bertz CT molecular complexity index is 3010. The van der Waals surface area contributed by atoms with Gasteiger partial charge in [0.2, 0.25) is 0 Å². The molecule has 37 heteroatoms. The molecule has 21 aliphatic rings. The van der Waals surface area contributed by atoms with E-state index in [1.54, 1.807) is 60.7 Å². The molecule has 0 spiro atoms. The summed E-state index contributed by atoms with van der Waals surface area (Å²) < 4.78 is 243. The number of hydrogen-bond donors (Lipinski definition) is 0. The number of methoxy groups -OCH3 is 19. The molecule has 0 saturated carbocycles. The first kappa shape index (κ1) is 94.1. The fourth-order valence-corrected chi connectivity index (χ4v) is 16.5. The molecule has 37 nitrogen and oxygen atoms in total. The van der Waals surface area contributed by atoms with Crippen molar-refractivity contribution in [2.24, 2.45) is 0 Å². The third kappa shape index (κ3) is 21.7. The highest BCUT2D eigenvalue weighted by molar-refractivity contribution is 5.32. The topological polar surface area (TPSA) is 342 Å². The van der Waals surface area contributed by atoms with Gasteiger partial charge in [-0.05, 0) is 48.5 Å². The van der Waals surface area contributed by atoms with Crippen LogP contribution in [0.1, 0.15) is 0 Å². The van der Waals surface area contributed by atoms with Crippen LogP contribution in [0.2, 0.25) is 0 Å². The van der Waals surface area contributed by atoms with Gasteiger partial charge in [0.25, 0.3) is 0 Å². The summed E-state index contributed by atoms with van der Waals surface area (Å²) >= 11 is 0. The van der Waals surface area contributed by atoms with Gasteiger partial charge in [-0.3, -0.25) is 0 Å². The van der Waals surface area contributed by atoms with Crippen LogP contribution in [-0.4, -0.2) is 409 Å². The van der Waals surface area contributed by atoms with Crippen molar-refractivity contribution in [1.82, 2.24) is 0 Å². The first-order valence-corrected chi connectivity index (χ1v) is 38.5. The predicted molar refractivity (Wildman–Crippen MR) is 401 cm³/mol. The van der Waals surface area contributed by atoms with Crippen molar-refractivity contribution in [1.29, 1.82) is 0 Å². The zero-order valence-corrected chi connectivity index (χ0v) is 69.9. The third-order valence-corrected chi connectivity index (χ3v) is 21.9. The van der Waals surface area contributed by atoms with E-state index in [9.17, 15) is 0 Å². The van der Waals surface area contributed by atoms with E-state index in [0.717, 1.165) is 0 Å². The van der Waals surface area contributed by atoms with Crippen molar-refractivity contribution in [3.8, 4) is 23.0 Å². The quantitative estimate of drug-likeness (QED) is 0.0885. The lowest BCUT2D eigenvalue weighted by Crippen LogP contribution is -2.69. The Labute approximate surface area is 679 Å². The highest BCUT2D eigenvalue weighted by Gasteiger charge is 2.62. The van der Waals surface area contributed by atoms with Gasteiger partial charge in [0.05, 0.1) is 33.0 Å². The summed E-state index contributed by atoms with van der Waals surface area (Å²) in [5, 5.41) is 0. The van der Waals surface area contributed by atoms with Crippen LogP contribution in [0.4, 0.5) is 0 Å². The normalized spacial score (nSPS) is 40.5. The van der Waals surface area contributed by atoms with E-state index in [1.165, 1.54) is 135 Å². The van der Waals surface area contributed by atoms with E-state index < -0.39 is 215 Å². The molecule has 21 fully saturated rings. The molecule has 21 saturated heterocycles. The number of ether oxygens (including phenoxy) is 37. The molecule has 0 N–H and O–H groups in total. The number of benzene rings is 2. The Morgan fingerprint density at radius 1 is 0.207 bits per heavy atom. The second-order valence-corrected chi connectivity index (χ2v) is 28.4. The summed E-state index contributed by atoms with van der Waals surface area (Å²) in [6, 6.07) is 14.1. The summed E-state index contributed by atoms with van der Waals surface area (Å²) in [6.07, 6.45) is -35.2. The average molecular weight is 1670 g/mol. The van der Waals surface area contributed by atoms with Gasteiger partial charge in [-0.2, -0.15) is 0 Å². The molecule has 0 aliphatic carbocycles. The first-order valence-electron chi connectivity index (χ1n) is 38.5. The molecule has 662 valence electrons. The second-order valence-electron chi connectivity index (χ2n) is 28.4. The van der Waals surface area contributed by atoms with Gasteiger partial charge < -0.3 is 175 Å². The fourth-order valence-electron chi connectivity index (χ4n) is 16.5. The molecule has 35 atom stereocenters. The molecule has 0 radical (unpaired) electrons. The van der Waals surface area contributed by atoms with Crippen LogP contribution >= 0.6 is 0 Å². The van der Waals surface area contributed by atoms with E-state index in [4.69, 9.17) is 175 Å². The van der Waals surface area contributed by atoms with Crippen LogP contribution in [0.5, 0.6) is 23.0 Å². The largest absolute Gasteiger partial charge is 0.491 e. The Hall–Kier alpha value is -4.20. The van der Waals surface area contributed by atoms with E-state index >= 15 is 0 Å². The van der Waals surface area contributed by atoms with Gasteiger partial charge in [-0.25, -0.2) is 0 Å². The molecule has 2 aromatic rings. The molecule has 0 amide bonds. The van der Waals surface area contributed by atoms with Gasteiger partial charge in [-0.1, -0.05) is 25.3 Å². The van der Waals surface area contributed by atoms with E-state index in [-0.39, 0.29) is 46.2 Å². The van der Waals surface area contributed by atoms with Crippen molar-refractivity contribution < 1.29 is 175 Å². The molecule has 0 unspecified atom stereocenters. The van der Waals surface area contributed by atoms with Crippen molar-refractivity contribution in [3.63, 3.8) is 0 Å². The smallest absolute Gasteiger partial charge is 0.187 e. The van der Waals surface area contributed by atoms with Crippen LogP contribution in [0.3, 0.4) is 0 Å². The van der Waals surface area contributed by atoms with Crippen LogP contribution in [-0.2, 0) is 156 Å². The predicted octanol–water partition coefficient (Wildman–Crippen LogP) is 2.50. The Kier molecular flexibility index (Phi) is 38.0. The molecular weight excluding hydrogens is 1540 g/mol. The Balaban J connectivity index is 1.08. The Morgan fingerprint density at radius 3 is 0.491 bits per heavy atom. The second kappa shape index (κ2) is 46.9. The van der Waals surface area contributed by atoms with Gasteiger partial charge in [0.1, 0.15) is 220 Å². The highest BCUT2D eigenvalue weighted by atomic mass is 16.8. The fraction of sp³-hybridized carbons (Fsp3) is 0.797. The van der Waals surface area contributed by atoms with Crippen LogP contribution in [0.25, 0.3) is 0 Å². The minimum absolute atomic E-state index is 0.0704. The molecule has 14 bridgehead atoms. The lowest BCUT2D eigenvalue weighted by Gasteiger charge is -2.52. The summed E-state index contributed by atoms with van der Waals surface area (Å²) in [7, 11) is 28.6. The minimum atomic E-state index is -1.32. The van der Waals surface area contributed by atoms with E-state index in [0.29, 0.717) is 36.2 Å². The summed E-state index contributed by atoms with van der Waals surface area (Å²) in [5.41, 5.74) is 0. The maximum Gasteiger partial charge on any atom is 0.187 e. The lowest BCUT2D eigenvalue weighted by molar-refractivity contribution is -0.402. The maximum absolute atomic E-state index is 7.23.